The number of halogens is 1. The van der Waals surface area contributed by atoms with Crippen molar-refractivity contribution in [2.45, 2.75) is 19.9 Å². The van der Waals surface area contributed by atoms with Crippen LogP contribution in [0.4, 0.5) is 4.39 Å². The van der Waals surface area contributed by atoms with E-state index < -0.39 is 0 Å². The molecule has 2 atom stereocenters. The van der Waals surface area contributed by atoms with Crippen molar-refractivity contribution in [3.8, 4) is 0 Å². The predicted octanol–water partition coefficient (Wildman–Crippen LogP) is 2.26. The Hall–Kier alpha value is -2.84. The molecule has 0 saturated carbocycles. The molecule has 1 aromatic carbocycles. The molecule has 1 amide bonds. The van der Waals surface area contributed by atoms with E-state index in [9.17, 15) is 9.18 Å². The first-order valence-corrected chi connectivity index (χ1v) is 9.65. The second kappa shape index (κ2) is 7.53. The first kappa shape index (κ1) is 19.5. The van der Waals surface area contributed by atoms with Crippen molar-refractivity contribution >= 4 is 16.9 Å². The molecular formula is C21H25FN6O. The van der Waals surface area contributed by atoms with Crippen LogP contribution in [0.25, 0.3) is 11.0 Å². The van der Waals surface area contributed by atoms with Gasteiger partial charge in [-0.15, -0.1) is 0 Å². The number of hydrazine groups is 1. The van der Waals surface area contributed by atoms with Gasteiger partial charge in [-0.3, -0.25) is 14.9 Å². The molecule has 8 heteroatoms. The predicted molar refractivity (Wildman–Crippen MR) is 109 cm³/mol. The summed E-state index contributed by atoms with van der Waals surface area (Å²) in [4.78, 5) is 19.6. The van der Waals surface area contributed by atoms with Crippen molar-refractivity contribution in [1.29, 1.82) is 0 Å². The van der Waals surface area contributed by atoms with Crippen LogP contribution in [0.15, 0.2) is 30.3 Å². The third-order valence-corrected chi connectivity index (χ3v) is 5.50. The van der Waals surface area contributed by atoms with E-state index in [4.69, 9.17) is 0 Å². The number of amides is 1. The summed E-state index contributed by atoms with van der Waals surface area (Å²) in [5.41, 5.74) is 10.3. The summed E-state index contributed by atoms with van der Waals surface area (Å²) < 4.78 is 15.0. The molecule has 2 aromatic heterocycles. The number of nitrogens with zero attached hydrogens (tertiary/aromatic N) is 4. The van der Waals surface area contributed by atoms with Gasteiger partial charge in [0.15, 0.2) is 5.65 Å². The molecule has 4 rings (SSSR count). The Bertz CT molecular complexity index is 1060. The van der Waals surface area contributed by atoms with Crippen LogP contribution in [-0.2, 0) is 7.05 Å². The molecule has 1 fully saturated rings. The second-order valence-corrected chi connectivity index (χ2v) is 7.72. The maximum Gasteiger partial charge on any atom is 0.254 e. The van der Waals surface area contributed by atoms with Crippen LogP contribution in [0, 0.1) is 25.6 Å². The van der Waals surface area contributed by atoms with E-state index in [-0.39, 0.29) is 23.7 Å². The maximum absolute atomic E-state index is 13.3. The quantitative estimate of drug-likeness (QED) is 0.708. The molecule has 0 bridgehead atoms. The van der Waals surface area contributed by atoms with Crippen LogP contribution in [-0.4, -0.2) is 45.7 Å². The number of aromatic nitrogens is 3. The monoisotopic (exact) mass is 396 g/mol. The fraction of sp³-hybridized carbons (Fsp3) is 0.381. The first-order valence-electron chi connectivity index (χ1n) is 9.65. The fourth-order valence-corrected chi connectivity index (χ4v) is 4.11. The average molecular weight is 396 g/mol. The lowest BCUT2D eigenvalue weighted by Crippen LogP contribution is -2.35. The van der Waals surface area contributed by atoms with Gasteiger partial charge >= 0.3 is 0 Å². The number of benzene rings is 1. The number of rotatable bonds is 4. The highest BCUT2D eigenvalue weighted by Crippen LogP contribution is 2.27. The lowest BCUT2D eigenvalue weighted by molar-refractivity contribution is 0.0773. The number of carbonyl (C=O) groups is 1. The minimum Gasteiger partial charge on any atom is -0.341 e. The van der Waals surface area contributed by atoms with Gasteiger partial charge in [0.2, 0.25) is 0 Å². The molecule has 29 heavy (non-hydrogen) atoms. The Morgan fingerprint density at radius 3 is 2.76 bits per heavy atom. The van der Waals surface area contributed by atoms with Crippen LogP contribution in [0.2, 0.25) is 0 Å². The highest BCUT2D eigenvalue weighted by molar-refractivity contribution is 6.06. The molecule has 2 N–H and O–H groups in total. The third kappa shape index (κ3) is 3.61. The van der Waals surface area contributed by atoms with Crippen LogP contribution in [0.1, 0.15) is 33.4 Å². The lowest BCUT2D eigenvalue weighted by Gasteiger charge is -2.25. The van der Waals surface area contributed by atoms with Gasteiger partial charge in [-0.05, 0) is 37.6 Å². The Kier molecular flexibility index (Phi) is 5.06. The zero-order valence-electron chi connectivity index (χ0n) is 17.0. The molecule has 3 aromatic rings. The summed E-state index contributed by atoms with van der Waals surface area (Å²) in [6.45, 7) is 5.05. The van der Waals surface area contributed by atoms with Crippen LogP contribution in [0.3, 0.4) is 0 Å². The summed E-state index contributed by atoms with van der Waals surface area (Å²) in [6, 6.07) is 8.32. The zero-order valence-corrected chi connectivity index (χ0v) is 17.0. The number of hydrogen-bond donors (Lipinski definition) is 2. The Morgan fingerprint density at radius 2 is 2.03 bits per heavy atom. The fourth-order valence-electron chi connectivity index (χ4n) is 4.11. The molecule has 7 nitrogen and oxygen atoms in total. The molecule has 1 saturated heterocycles. The molecule has 1 aliphatic rings. The second-order valence-electron chi connectivity index (χ2n) is 7.72. The van der Waals surface area contributed by atoms with Gasteiger partial charge in [0.05, 0.1) is 22.7 Å². The van der Waals surface area contributed by atoms with Crippen molar-refractivity contribution in [3.63, 3.8) is 0 Å². The van der Waals surface area contributed by atoms with Crippen LogP contribution < -0.4 is 10.9 Å². The van der Waals surface area contributed by atoms with Crippen molar-refractivity contribution in [1.82, 2.24) is 30.5 Å². The van der Waals surface area contributed by atoms with E-state index in [0.717, 1.165) is 28.9 Å². The van der Waals surface area contributed by atoms with Gasteiger partial charge in [-0.25, -0.2) is 14.8 Å². The topological polar surface area (TPSA) is 75.1 Å². The van der Waals surface area contributed by atoms with E-state index in [0.29, 0.717) is 17.8 Å². The maximum atomic E-state index is 13.3. The average Bonchev–Trinajstić information content (AvgIpc) is 3.25. The number of aryl methyl sites for hydroxylation is 3. The van der Waals surface area contributed by atoms with Crippen molar-refractivity contribution in [2.75, 3.05) is 20.1 Å². The van der Waals surface area contributed by atoms with E-state index in [1.807, 2.05) is 34.0 Å². The number of hydrogen-bond acceptors (Lipinski definition) is 5. The molecule has 0 radical (unpaired) electrons. The van der Waals surface area contributed by atoms with Crippen LogP contribution >= 0.6 is 0 Å². The van der Waals surface area contributed by atoms with Gasteiger partial charge in [0.25, 0.3) is 5.91 Å². The highest BCUT2D eigenvalue weighted by atomic mass is 19.1. The van der Waals surface area contributed by atoms with Crippen molar-refractivity contribution in [3.05, 3.63) is 58.7 Å². The molecular weight excluding hydrogens is 371 g/mol. The summed E-state index contributed by atoms with van der Waals surface area (Å²) in [5.74, 6) is -0.156. The van der Waals surface area contributed by atoms with Gasteiger partial charge in [-0.1, -0.05) is 12.1 Å². The number of pyridine rings is 1. The number of nitrogens with one attached hydrogen (secondary N) is 2. The molecule has 152 valence electrons. The van der Waals surface area contributed by atoms with Gasteiger partial charge in [0.1, 0.15) is 5.82 Å². The van der Waals surface area contributed by atoms with E-state index in [1.165, 1.54) is 12.1 Å². The van der Waals surface area contributed by atoms with Crippen LogP contribution in [0.5, 0.6) is 0 Å². The third-order valence-electron chi connectivity index (χ3n) is 5.50. The summed E-state index contributed by atoms with van der Waals surface area (Å²) in [7, 11) is 3.65. The first-order chi connectivity index (χ1) is 13.8. The Labute approximate surface area is 168 Å². The largest absolute Gasteiger partial charge is 0.341 e. The normalized spacial score (nSPS) is 19.1. The lowest BCUT2D eigenvalue weighted by atomic mass is 9.94. The zero-order chi connectivity index (χ0) is 20.7. The number of fused-ring (bicyclic) bond motifs is 1. The van der Waals surface area contributed by atoms with E-state index >= 15 is 0 Å². The van der Waals surface area contributed by atoms with E-state index in [1.54, 1.807) is 21.7 Å². The van der Waals surface area contributed by atoms with E-state index in [2.05, 4.69) is 20.9 Å². The summed E-state index contributed by atoms with van der Waals surface area (Å²) >= 11 is 0. The molecule has 1 aliphatic heterocycles. The molecule has 0 aliphatic carbocycles. The minimum absolute atomic E-state index is 0.00479. The Morgan fingerprint density at radius 1 is 1.31 bits per heavy atom. The van der Waals surface area contributed by atoms with Gasteiger partial charge < -0.3 is 4.90 Å². The van der Waals surface area contributed by atoms with Gasteiger partial charge in [0, 0.05) is 38.8 Å². The van der Waals surface area contributed by atoms with Crippen molar-refractivity contribution < 1.29 is 9.18 Å². The molecule has 2 unspecified atom stereocenters. The van der Waals surface area contributed by atoms with Gasteiger partial charge in [-0.2, -0.15) is 5.10 Å². The highest BCUT2D eigenvalue weighted by Gasteiger charge is 2.31. The number of carbonyl (C=O) groups excluding carboxylic acids is 1. The smallest absolute Gasteiger partial charge is 0.254 e. The minimum atomic E-state index is -0.257. The summed E-state index contributed by atoms with van der Waals surface area (Å²) in [6.07, 6.45) is 0. The summed E-state index contributed by atoms with van der Waals surface area (Å²) in [5, 5.41) is 5.23. The Balaban J connectivity index is 1.59. The SMILES string of the molecule is Cc1cc(C(=O)N(C)CC2CNNC2c2ccc(F)cc2)c2c(C)nn(C)c2n1. The molecule has 3 heterocycles. The molecule has 0 spiro atoms. The standard InChI is InChI=1S/C21H25FN6O/c1-12-9-17(18-13(2)26-28(4)20(18)24-12)21(29)27(3)11-15-10-23-25-19(15)14-5-7-16(22)8-6-14/h5-9,15,19,23,25H,10-11H2,1-4H3. The van der Waals surface area contributed by atoms with Crippen molar-refractivity contribution in [2.24, 2.45) is 13.0 Å².